The zero-order chi connectivity index (χ0) is 21.6. The molecular weight excluding hydrogens is 410 g/mol. The summed E-state index contributed by atoms with van der Waals surface area (Å²) in [5.41, 5.74) is 3.97. The molecule has 0 aliphatic rings. The molecule has 7 nitrogen and oxygen atoms in total. The second kappa shape index (κ2) is 9.61. The molecule has 158 valence electrons. The van der Waals surface area contributed by atoms with E-state index in [4.69, 9.17) is 4.42 Å². The molecule has 0 saturated carbocycles. The van der Waals surface area contributed by atoms with Crippen LogP contribution in [0.1, 0.15) is 23.8 Å². The topological polar surface area (TPSA) is 85.8 Å². The van der Waals surface area contributed by atoms with E-state index in [1.165, 1.54) is 11.8 Å². The molecule has 0 aliphatic carbocycles. The SMILES string of the molecule is CCc1cccc(C)c1NC(=O)CSc1nnc(-c2ccncc2)n1Cc1ccco1. The number of pyridine rings is 1. The summed E-state index contributed by atoms with van der Waals surface area (Å²) in [5.74, 6) is 1.64. The maximum Gasteiger partial charge on any atom is 0.234 e. The third kappa shape index (κ3) is 4.86. The first-order chi connectivity index (χ1) is 15.2. The van der Waals surface area contributed by atoms with Crippen molar-refractivity contribution in [2.45, 2.75) is 32.0 Å². The summed E-state index contributed by atoms with van der Waals surface area (Å²) in [4.78, 5) is 16.8. The van der Waals surface area contributed by atoms with Gasteiger partial charge < -0.3 is 9.73 Å². The zero-order valence-electron chi connectivity index (χ0n) is 17.4. The summed E-state index contributed by atoms with van der Waals surface area (Å²) in [5, 5.41) is 12.4. The molecular formula is C23H23N5O2S. The quantitative estimate of drug-likeness (QED) is 0.409. The molecule has 1 aromatic carbocycles. The van der Waals surface area contributed by atoms with Crippen molar-refractivity contribution < 1.29 is 9.21 Å². The highest BCUT2D eigenvalue weighted by atomic mass is 32.2. The zero-order valence-corrected chi connectivity index (χ0v) is 18.2. The fourth-order valence-corrected chi connectivity index (χ4v) is 4.06. The average molecular weight is 434 g/mol. The molecule has 31 heavy (non-hydrogen) atoms. The highest BCUT2D eigenvalue weighted by Crippen LogP contribution is 2.26. The number of anilines is 1. The predicted octanol–water partition coefficient (Wildman–Crippen LogP) is 4.58. The smallest absolute Gasteiger partial charge is 0.234 e. The van der Waals surface area contributed by atoms with Crippen LogP contribution in [0.4, 0.5) is 5.69 Å². The Kier molecular flexibility index (Phi) is 6.47. The number of furan rings is 1. The predicted molar refractivity (Wildman–Crippen MR) is 121 cm³/mol. The molecule has 1 N–H and O–H groups in total. The van der Waals surface area contributed by atoms with Crippen LogP contribution >= 0.6 is 11.8 Å². The highest BCUT2D eigenvalue weighted by molar-refractivity contribution is 7.99. The lowest BCUT2D eigenvalue weighted by Crippen LogP contribution is -2.16. The molecule has 4 rings (SSSR count). The van der Waals surface area contributed by atoms with Crippen molar-refractivity contribution in [3.05, 3.63) is 78.0 Å². The first-order valence-electron chi connectivity index (χ1n) is 10.0. The number of carbonyl (C=O) groups is 1. The molecule has 1 amide bonds. The Morgan fingerprint density at radius 3 is 2.71 bits per heavy atom. The van der Waals surface area contributed by atoms with Gasteiger partial charge in [0, 0.05) is 23.6 Å². The van der Waals surface area contributed by atoms with Gasteiger partial charge in [0.15, 0.2) is 11.0 Å². The molecule has 3 aromatic heterocycles. The van der Waals surface area contributed by atoms with Crippen molar-refractivity contribution in [2.75, 3.05) is 11.1 Å². The van der Waals surface area contributed by atoms with Crippen molar-refractivity contribution in [3.63, 3.8) is 0 Å². The number of amides is 1. The summed E-state index contributed by atoms with van der Waals surface area (Å²) in [7, 11) is 0. The van der Waals surface area contributed by atoms with E-state index in [0.29, 0.717) is 17.5 Å². The summed E-state index contributed by atoms with van der Waals surface area (Å²) >= 11 is 1.35. The summed E-state index contributed by atoms with van der Waals surface area (Å²) < 4.78 is 7.47. The maximum absolute atomic E-state index is 12.7. The van der Waals surface area contributed by atoms with Gasteiger partial charge in [-0.25, -0.2) is 0 Å². The summed E-state index contributed by atoms with van der Waals surface area (Å²) in [6.45, 7) is 4.55. The third-order valence-corrected chi connectivity index (χ3v) is 5.85. The van der Waals surface area contributed by atoms with E-state index in [-0.39, 0.29) is 11.7 Å². The van der Waals surface area contributed by atoms with E-state index < -0.39 is 0 Å². The van der Waals surface area contributed by atoms with Crippen LogP contribution in [0.3, 0.4) is 0 Å². The maximum atomic E-state index is 12.7. The summed E-state index contributed by atoms with van der Waals surface area (Å²) in [6.07, 6.45) is 5.93. The van der Waals surface area contributed by atoms with Crippen LogP contribution in [-0.2, 0) is 17.8 Å². The van der Waals surface area contributed by atoms with Gasteiger partial charge in [-0.1, -0.05) is 36.9 Å². The van der Waals surface area contributed by atoms with Gasteiger partial charge in [0.05, 0.1) is 18.6 Å². The molecule has 0 bridgehead atoms. The van der Waals surface area contributed by atoms with Crippen molar-refractivity contribution >= 4 is 23.4 Å². The number of rotatable bonds is 8. The van der Waals surface area contributed by atoms with E-state index >= 15 is 0 Å². The Morgan fingerprint density at radius 1 is 1.13 bits per heavy atom. The minimum atomic E-state index is -0.0768. The number of aromatic nitrogens is 4. The fraction of sp³-hybridized carbons (Fsp3) is 0.217. The summed E-state index contributed by atoms with van der Waals surface area (Å²) in [6, 6.07) is 13.6. The first kappa shape index (κ1) is 20.9. The average Bonchev–Trinajstić information content (AvgIpc) is 3.45. The molecule has 4 aromatic rings. The molecule has 0 unspecified atom stereocenters. The van der Waals surface area contributed by atoms with Crippen molar-refractivity contribution in [1.29, 1.82) is 0 Å². The van der Waals surface area contributed by atoms with Crippen LogP contribution in [0, 0.1) is 6.92 Å². The number of hydrogen-bond acceptors (Lipinski definition) is 6. The van der Waals surface area contributed by atoms with Crippen LogP contribution in [0.25, 0.3) is 11.4 Å². The second-order valence-electron chi connectivity index (χ2n) is 7.01. The lowest BCUT2D eigenvalue weighted by molar-refractivity contribution is -0.113. The van der Waals surface area contributed by atoms with E-state index in [1.54, 1.807) is 18.7 Å². The van der Waals surface area contributed by atoms with Crippen LogP contribution in [-0.4, -0.2) is 31.4 Å². The molecule has 0 fully saturated rings. The number of nitrogens with zero attached hydrogens (tertiary/aromatic N) is 4. The van der Waals surface area contributed by atoms with Gasteiger partial charge >= 0.3 is 0 Å². The number of nitrogens with one attached hydrogen (secondary N) is 1. The number of benzene rings is 1. The van der Waals surface area contributed by atoms with E-state index in [0.717, 1.165) is 34.6 Å². The lowest BCUT2D eigenvalue weighted by atomic mass is 10.1. The Labute approximate surface area is 184 Å². The molecule has 0 atom stereocenters. The minimum Gasteiger partial charge on any atom is -0.467 e. The van der Waals surface area contributed by atoms with Crippen molar-refractivity contribution in [2.24, 2.45) is 0 Å². The van der Waals surface area contributed by atoms with E-state index in [9.17, 15) is 4.79 Å². The fourth-order valence-electron chi connectivity index (χ4n) is 3.32. The van der Waals surface area contributed by atoms with Gasteiger partial charge in [0.25, 0.3) is 0 Å². The molecule has 0 radical (unpaired) electrons. The van der Waals surface area contributed by atoms with Crippen LogP contribution in [0.2, 0.25) is 0 Å². The van der Waals surface area contributed by atoms with Gasteiger partial charge in [-0.15, -0.1) is 10.2 Å². The monoisotopic (exact) mass is 433 g/mol. The largest absolute Gasteiger partial charge is 0.467 e. The highest BCUT2D eigenvalue weighted by Gasteiger charge is 2.17. The van der Waals surface area contributed by atoms with Crippen LogP contribution in [0.15, 0.2) is 70.7 Å². The number of aryl methyl sites for hydroxylation is 2. The van der Waals surface area contributed by atoms with Gasteiger partial charge in [0.1, 0.15) is 5.76 Å². The number of thioether (sulfide) groups is 1. The molecule has 0 spiro atoms. The Balaban J connectivity index is 1.53. The normalized spacial score (nSPS) is 10.9. The van der Waals surface area contributed by atoms with Crippen molar-refractivity contribution in [1.82, 2.24) is 19.7 Å². The van der Waals surface area contributed by atoms with Gasteiger partial charge in [0.2, 0.25) is 5.91 Å². The molecule has 8 heteroatoms. The number of carbonyl (C=O) groups excluding carboxylic acids is 1. The van der Waals surface area contributed by atoms with Crippen LogP contribution in [0.5, 0.6) is 0 Å². The number of para-hydroxylation sites is 1. The Bertz CT molecular complexity index is 1160. The van der Waals surface area contributed by atoms with Gasteiger partial charge in [-0.05, 0) is 48.7 Å². The molecule has 0 aliphatic heterocycles. The molecule has 3 heterocycles. The molecule has 0 saturated heterocycles. The van der Waals surface area contributed by atoms with Gasteiger partial charge in [-0.2, -0.15) is 0 Å². The Morgan fingerprint density at radius 2 is 1.97 bits per heavy atom. The third-order valence-electron chi connectivity index (χ3n) is 4.89. The minimum absolute atomic E-state index is 0.0768. The standard InChI is InChI=1S/C23H23N5O2S/c1-3-17-7-4-6-16(2)21(17)25-20(29)15-31-23-27-26-22(18-9-11-24-12-10-18)28(23)14-19-8-5-13-30-19/h4-13H,3,14-15H2,1-2H3,(H,25,29). The second-order valence-corrected chi connectivity index (χ2v) is 7.95. The number of hydrogen-bond donors (Lipinski definition) is 1. The van der Waals surface area contributed by atoms with Gasteiger partial charge in [-0.3, -0.25) is 14.3 Å². The van der Waals surface area contributed by atoms with Crippen LogP contribution < -0.4 is 5.32 Å². The lowest BCUT2D eigenvalue weighted by Gasteiger charge is -2.13. The Hall–Kier alpha value is -3.39. The van der Waals surface area contributed by atoms with Crippen molar-refractivity contribution in [3.8, 4) is 11.4 Å². The first-order valence-corrected chi connectivity index (χ1v) is 11.0. The van der Waals surface area contributed by atoms with E-state index in [2.05, 4.69) is 27.4 Å². The van der Waals surface area contributed by atoms with E-state index in [1.807, 2.05) is 54.0 Å².